The summed E-state index contributed by atoms with van der Waals surface area (Å²) in [6, 6.07) is 14.7. The number of benzene rings is 2. The van der Waals surface area contributed by atoms with Crippen molar-refractivity contribution in [3.05, 3.63) is 63.6 Å². The van der Waals surface area contributed by atoms with Crippen LogP contribution in [0.1, 0.15) is 21.5 Å². The van der Waals surface area contributed by atoms with Crippen molar-refractivity contribution in [1.29, 1.82) is 0 Å². The van der Waals surface area contributed by atoms with E-state index in [-0.39, 0.29) is 0 Å². The van der Waals surface area contributed by atoms with E-state index in [4.69, 9.17) is 4.74 Å². The molecule has 0 saturated carbocycles. The Bertz CT molecular complexity index is 546. The van der Waals surface area contributed by atoms with Gasteiger partial charge in [-0.15, -0.1) is 0 Å². The summed E-state index contributed by atoms with van der Waals surface area (Å²) in [4.78, 5) is 0.302. The normalized spacial score (nSPS) is 12.2. The van der Waals surface area contributed by atoms with E-state index < -0.39 is 0 Å². The van der Waals surface area contributed by atoms with Crippen LogP contribution in [0.4, 0.5) is 0 Å². The molecule has 0 aliphatic heterocycles. The van der Waals surface area contributed by atoms with E-state index >= 15 is 0 Å². The molecule has 2 aromatic rings. The maximum atomic E-state index is 5.26. The minimum Gasteiger partial charge on any atom is -0.497 e. The van der Waals surface area contributed by atoms with Crippen molar-refractivity contribution in [2.45, 2.75) is 18.2 Å². The molecule has 0 aliphatic carbocycles. The first-order valence-electron chi connectivity index (χ1n) is 6.12. The topological polar surface area (TPSA) is 9.23 Å². The van der Waals surface area contributed by atoms with Crippen molar-refractivity contribution >= 4 is 31.9 Å². The molecule has 0 saturated heterocycles. The molecule has 0 amide bonds. The molecule has 0 radical (unpaired) electrons. The third-order valence-corrected chi connectivity index (χ3v) is 4.29. The third kappa shape index (κ3) is 4.08. The molecule has 100 valence electrons. The molecule has 0 bridgehead atoms. The lowest BCUT2D eigenvalue weighted by atomic mass is 10.0. The van der Waals surface area contributed by atoms with E-state index in [1.54, 1.807) is 7.11 Å². The Kier molecular flexibility index (Phi) is 5.06. The highest BCUT2D eigenvalue weighted by Gasteiger charge is 2.10. The zero-order valence-corrected chi connectivity index (χ0v) is 14.2. The first-order valence-corrected chi connectivity index (χ1v) is 7.83. The average Bonchev–Trinajstić information content (AvgIpc) is 2.37. The quantitative estimate of drug-likeness (QED) is 0.638. The van der Waals surface area contributed by atoms with Crippen LogP contribution in [0.3, 0.4) is 0 Å². The predicted molar refractivity (Wildman–Crippen MR) is 87.2 cm³/mol. The molecule has 3 heteroatoms. The maximum Gasteiger partial charge on any atom is 0.119 e. The van der Waals surface area contributed by atoms with Crippen molar-refractivity contribution in [1.82, 2.24) is 0 Å². The number of alkyl halides is 1. The molecule has 1 nitrogen and oxygen atoms in total. The van der Waals surface area contributed by atoms with Gasteiger partial charge in [0.25, 0.3) is 0 Å². The molecule has 2 rings (SSSR count). The van der Waals surface area contributed by atoms with Crippen LogP contribution in [0.15, 0.2) is 46.9 Å². The van der Waals surface area contributed by atoms with Gasteiger partial charge in [-0.25, -0.2) is 0 Å². The Balaban J connectivity index is 2.17. The van der Waals surface area contributed by atoms with E-state index in [2.05, 4.69) is 69.1 Å². The molecule has 1 unspecified atom stereocenters. The van der Waals surface area contributed by atoms with Gasteiger partial charge in [-0.3, -0.25) is 0 Å². The molecular weight excluding hydrogens is 368 g/mol. The second kappa shape index (κ2) is 6.58. The average molecular weight is 384 g/mol. The fraction of sp³-hybridized carbons (Fsp3) is 0.250. The van der Waals surface area contributed by atoms with Crippen LogP contribution < -0.4 is 4.74 Å². The van der Waals surface area contributed by atoms with Crippen molar-refractivity contribution in [2.75, 3.05) is 7.11 Å². The smallest absolute Gasteiger partial charge is 0.119 e. The van der Waals surface area contributed by atoms with Gasteiger partial charge in [-0.05, 0) is 54.3 Å². The summed E-state index contributed by atoms with van der Waals surface area (Å²) >= 11 is 7.32. The Morgan fingerprint density at radius 1 is 1.16 bits per heavy atom. The fourth-order valence-corrected chi connectivity index (χ4v) is 3.33. The number of hydrogen-bond acceptors (Lipinski definition) is 1. The van der Waals surface area contributed by atoms with Gasteiger partial charge >= 0.3 is 0 Å². The number of aryl methyl sites for hydroxylation is 1. The minimum absolute atomic E-state index is 0.302. The van der Waals surface area contributed by atoms with Crippen molar-refractivity contribution in [3.63, 3.8) is 0 Å². The number of halogens is 2. The molecule has 0 heterocycles. The summed E-state index contributed by atoms with van der Waals surface area (Å²) < 4.78 is 6.38. The van der Waals surface area contributed by atoms with Gasteiger partial charge in [0.1, 0.15) is 5.75 Å². The second-order valence-electron chi connectivity index (χ2n) is 4.59. The Labute approximate surface area is 131 Å². The highest BCUT2D eigenvalue weighted by Crippen LogP contribution is 2.30. The molecule has 19 heavy (non-hydrogen) atoms. The summed E-state index contributed by atoms with van der Waals surface area (Å²) in [5, 5.41) is 0. The third-order valence-electron chi connectivity index (χ3n) is 2.98. The zero-order chi connectivity index (χ0) is 13.8. The Morgan fingerprint density at radius 2 is 1.95 bits per heavy atom. The van der Waals surface area contributed by atoms with Crippen molar-refractivity contribution < 1.29 is 4.74 Å². The molecule has 2 aromatic carbocycles. The Morgan fingerprint density at radius 3 is 2.63 bits per heavy atom. The zero-order valence-electron chi connectivity index (χ0n) is 11.0. The van der Waals surface area contributed by atoms with Crippen LogP contribution in [0, 0.1) is 6.92 Å². The minimum atomic E-state index is 0.302. The lowest BCUT2D eigenvalue weighted by Gasteiger charge is -2.12. The lowest BCUT2D eigenvalue weighted by Crippen LogP contribution is -1.97. The summed E-state index contributed by atoms with van der Waals surface area (Å²) in [5.74, 6) is 0.905. The molecule has 0 N–H and O–H groups in total. The maximum absolute atomic E-state index is 5.26. The molecule has 0 fully saturated rings. The highest BCUT2D eigenvalue weighted by molar-refractivity contribution is 9.10. The van der Waals surface area contributed by atoms with Gasteiger partial charge in [-0.1, -0.05) is 50.1 Å². The Hall–Kier alpha value is -0.800. The van der Waals surface area contributed by atoms with Gasteiger partial charge < -0.3 is 4.74 Å². The largest absolute Gasteiger partial charge is 0.497 e. The van der Waals surface area contributed by atoms with Gasteiger partial charge in [0, 0.05) is 9.30 Å². The van der Waals surface area contributed by atoms with Crippen molar-refractivity contribution in [2.24, 2.45) is 0 Å². The van der Waals surface area contributed by atoms with Crippen LogP contribution in [0.25, 0.3) is 0 Å². The molecular formula is C16H16Br2O. The van der Waals surface area contributed by atoms with Crippen LogP contribution in [0.5, 0.6) is 5.75 Å². The number of hydrogen-bond donors (Lipinski definition) is 0. The van der Waals surface area contributed by atoms with Crippen LogP contribution in [-0.4, -0.2) is 7.11 Å². The first kappa shape index (κ1) is 14.6. The molecule has 0 spiro atoms. The van der Waals surface area contributed by atoms with E-state index in [0.717, 1.165) is 16.6 Å². The van der Waals surface area contributed by atoms with Gasteiger partial charge in [0.15, 0.2) is 0 Å². The van der Waals surface area contributed by atoms with Crippen LogP contribution in [-0.2, 0) is 6.42 Å². The summed E-state index contributed by atoms with van der Waals surface area (Å²) in [6.07, 6.45) is 0.938. The summed E-state index contributed by atoms with van der Waals surface area (Å²) in [7, 11) is 1.70. The summed E-state index contributed by atoms with van der Waals surface area (Å²) in [6.45, 7) is 2.11. The SMILES string of the molecule is COc1cccc(CC(Br)c2cc(C)cc(Br)c2)c1. The number of rotatable bonds is 4. The van der Waals surface area contributed by atoms with Gasteiger partial charge in [0.2, 0.25) is 0 Å². The van der Waals surface area contributed by atoms with E-state index in [1.807, 2.05) is 12.1 Å². The van der Waals surface area contributed by atoms with Gasteiger partial charge in [-0.2, -0.15) is 0 Å². The molecule has 0 aliphatic rings. The van der Waals surface area contributed by atoms with E-state index in [9.17, 15) is 0 Å². The first-order chi connectivity index (χ1) is 9.08. The van der Waals surface area contributed by atoms with E-state index in [1.165, 1.54) is 16.7 Å². The standard InChI is InChI=1S/C16H16Br2O/c1-11-6-13(10-14(17)7-11)16(18)9-12-4-3-5-15(8-12)19-2/h3-8,10,16H,9H2,1-2H3. The van der Waals surface area contributed by atoms with Crippen LogP contribution in [0.2, 0.25) is 0 Å². The van der Waals surface area contributed by atoms with Crippen molar-refractivity contribution in [3.8, 4) is 5.75 Å². The monoisotopic (exact) mass is 382 g/mol. The van der Waals surface area contributed by atoms with Crippen LogP contribution >= 0.6 is 31.9 Å². The second-order valence-corrected chi connectivity index (χ2v) is 6.61. The highest BCUT2D eigenvalue weighted by atomic mass is 79.9. The lowest BCUT2D eigenvalue weighted by molar-refractivity contribution is 0.414. The number of methoxy groups -OCH3 is 1. The number of ether oxygens (including phenoxy) is 1. The van der Waals surface area contributed by atoms with Gasteiger partial charge in [0.05, 0.1) is 7.11 Å². The molecule has 0 aromatic heterocycles. The molecule has 1 atom stereocenters. The summed E-state index contributed by atoms with van der Waals surface area (Å²) in [5.41, 5.74) is 3.81. The van der Waals surface area contributed by atoms with E-state index in [0.29, 0.717) is 4.83 Å². The predicted octanol–water partition coefficient (Wildman–Crippen LogP) is 5.44. The fourth-order valence-electron chi connectivity index (χ4n) is 2.07.